The summed E-state index contributed by atoms with van der Waals surface area (Å²) >= 11 is 0. The van der Waals surface area contributed by atoms with E-state index in [1.807, 2.05) is 14.0 Å². The van der Waals surface area contributed by atoms with E-state index in [1.165, 1.54) is 11.3 Å². The summed E-state index contributed by atoms with van der Waals surface area (Å²) in [5.74, 6) is 0.184. The van der Waals surface area contributed by atoms with Crippen molar-refractivity contribution < 1.29 is 4.79 Å². The highest BCUT2D eigenvalue weighted by Gasteiger charge is 2.19. The fourth-order valence-corrected chi connectivity index (χ4v) is 2.89. The number of hydrogen-bond donors (Lipinski definition) is 1. The van der Waals surface area contributed by atoms with Crippen molar-refractivity contribution in [2.75, 3.05) is 51.2 Å². The number of rotatable bonds is 6. The smallest absolute Gasteiger partial charge is 0.223 e. The lowest BCUT2D eigenvalue weighted by atomic mass is 10.2. The van der Waals surface area contributed by atoms with Crippen LogP contribution in [0.15, 0.2) is 24.3 Å². The topological polar surface area (TPSA) is 52.8 Å². The Morgan fingerprint density at radius 1 is 1.30 bits per heavy atom. The first-order valence-corrected chi connectivity index (χ1v) is 8.51. The molecule has 2 rings (SSSR count). The molecule has 128 valence electrons. The van der Waals surface area contributed by atoms with E-state index in [0.29, 0.717) is 13.0 Å². The van der Waals surface area contributed by atoms with E-state index in [1.54, 1.807) is 4.90 Å². The number of anilines is 1. The zero-order valence-corrected chi connectivity index (χ0v) is 14.7. The number of carbonyl (C=O) groups is 1. The molecule has 0 radical (unpaired) electrons. The average Bonchev–Trinajstić information content (AvgIpc) is 2.58. The Balaban J connectivity index is 1.76. The van der Waals surface area contributed by atoms with E-state index < -0.39 is 0 Å². The zero-order valence-electron chi connectivity index (χ0n) is 14.7. The van der Waals surface area contributed by atoms with E-state index >= 15 is 0 Å². The summed E-state index contributed by atoms with van der Waals surface area (Å²) in [5, 5.41) is 0. The van der Waals surface area contributed by atoms with Gasteiger partial charge in [-0.1, -0.05) is 12.1 Å². The van der Waals surface area contributed by atoms with Gasteiger partial charge in [-0.25, -0.2) is 0 Å². The summed E-state index contributed by atoms with van der Waals surface area (Å²) in [6.07, 6.45) is 0.575. The molecule has 1 saturated heterocycles. The molecular weight excluding hydrogens is 288 g/mol. The van der Waals surface area contributed by atoms with Crippen LogP contribution in [-0.2, 0) is 4.79 Å². The molecule has 0 saturated carbocycles. The molecule has 1 atom stereocenters. The van der Waals surface area contributed by atoms with Crippen LogP contribution in [0.2, 0.25) is 0 Å². The van der Waals surface area contributed by atoms with Gasteiger partial charge in [-0.15, -0.1) is 0 Å². The number of amides is 1. The van der Waals surface area contributed by atoms with E-state index in [2.05, 4.69) is 41.0 Å². The Morgan fingerprint density at radius 2 is 2.00 bits per heavy atom. The first-order valence-electron chi connectivity index (χ1n) is 8.51. The van der Waals surface area contributed by atoms with Crippen molar-refractivity contribution in [3.63, 3.8) is 0 Å². The fraction of sp³-hybridized carbons (Fsp3) is 0.611. The summed E-state index contributed by atoms with van der Waals surface area (Å²) in [6, 6.07) is 8.77. The molecule has 0 aromatic heterocycles. The average molecular weight is 318 g/mol. The van der Waals surface area contributed by atoms with Gasteiger partial charge in [0.15, 0.2) is 0 Å². The SMILES string of the molecule is Cc1cccc(N2CCN(CCC(=O)N(C)C(C)CN)CC2)c1. The minimum Gasteiger partial charge on any atom is -0.369 e. The normalized spacial score (nSPS) is 17.1. The molecule has 1 unspecified atom stereocenters. The highest BCUT2D eigenvalue weighted by Crippen LogP contribution is 2.17. The maximum atomic E-state index is 12.1. The molecule has 5 heteroatoms. The second-order valence-electron chi connectivity index (χ2n) is 6.51. The third-order valence-electron chi connectivity index (χ3n) is 4.78. The van der Waals surface area contributed by atoms with Crippen LogP contribution >= 0.6 is 0 Å². The highest BCUT2D eigenvalue weighted by molar-refractivity contribution is 5.76. The molecule has 1 heterocycles. The minimum atomic E-state index is 0.112. The van der Waals surface area contributed by atoms with Crippen LogP contribution in [0.25, 0.3) is 0 Å². The third-order valence-corrected chi connectivity index (χ3v) is 4.78. The van der Waals surface area contributed by atoms with Gasteiger partial charge in [-0.2, -0.15) is 0 Å². The maximum absolute atomic E-state index is 12.1. The Morgan fingerprint density at radius 3 is 2.61 bits per heavy atom. The van der Waals surface area contributed by atoms with Crippen molar-refractivity contribution in [1.29, 1.82) is 0 Å². The molecule has 1 aromatic carbocycles. The van der Waals surface area contributed by atoms with Crippen molar-refractivity contribution in [2.45, 2.75) is 26.3 Å². The summed E-state index contributed by atoms with van der Waals surface area (Å²) in [6.45, 7) is 9.52. The molecule has 23 heavy (non-hydrogen) atoms. The van der Waals surface area contributed by atoms with Crippen LogP contribution in [0.3, 0.4) is 0 Å². The molecule has 1 fully saturated rings. The van der Waals surface area contributed by atoms with Gasteiger partial charge in [-0.05, 0) is 31.5 Å². The first-order chi connectivity index (χ1) is 11.0. The summed E-state index contributed by atoms with van der Waals surface area (Å²) in [7, 11) is 1.84. The van der Waals surface area contributed by atoms with Crippen LogP contribution < -0.4 is 10.6 Å². The van der Waals surface area contributed by atoms with Crippen LogP contribution in [-0.4, -0.2) is 68.1 Å². The molecule has 1 amide bonds. The molecule has 2 N–H and O–H groups in total. The second-order valence-corrected chi connectivity index (χ2v) is 6.51. The van der Waals surface area contributed by atoms with Gasteiger partial charge < -0.3 is 15.5 Å². The van der Waals surface area contributed by atoms with Crippen molar-refractivity contribution >= 4 is 11.6 Å². The Labute approximate surface area is 140 Å². The molecule has 5 nitrogen and oxygen atoms in total. The van der Waals surface area contributed by atoms with Crippen LogP contribution in [0.4, 0.5) is 5.69 Å². The van der Waals surface area contributed by atoms with E-state index in [9.17, 15) is 4.79 Å². The van der Waals surface area contributed by atoms with E-state index in [-0.39, 0.29) is 11.9 Å². The fourth-order valence-electron chi connectivity index (χ4n) is 2.89. The maximum Gasteiger partial charge on any atom is 0.223 e. The lowest BCUT2D eigenvalue weighted by molar-refractivity contribution is -0.131. The van der Waals surface area contributed by atoms with Crippen molar-refractivity contribution in [2.24, 2.45) is 5.73 Å². The van der Waals surface area contributed by atoms with Gasteiger partial charge in [-0.3, -0.25) is 9.69 Å². The van der Waals surface area contributed by atoms with Crippen molar-refractivity contribution in [1.82, 2.24) is 9.80 Å². The minimum absolute atomic E-state index is 0.112. The Bertz CT molecular complexity index is 511. The summed E-state index contributed by atoms with van der Waals surface area (Å²) in [5.41, 5.74) is 8.22. The standard InChI is InChI=1S/C18H30N4O/c1-15-5-4-6-17(13-15)22-11-9-21(10-12-22)8-7-18(23)20(3)16(2)14-19/h4-6,13,16H,7-12,14,19H2,1-3H3. The molecule has 0 spiro atoms. The summed E-state index contributed by atoms with van der Waals surface area (Å²) in [4.78, 5) is 18.7. The Hall–Kier alpha value is -1.59. The first kappa shape index (κ1) is 17.8. The van der Waals surface area contributed by atoms with Gasteiger partial charge in [0, 0.05) is 64.5 Å². The zero-order chi connectivity index (χ0) is 16.8. The van der Waals surface area contributed by atoms with Crippen LogP contribution in [0.5, 0.6) is 0 Å². The summed E-state index contributed by atoms with van der Waals surface area (Å²) < 4.78 is 0. The number of carbonyl (C=O) groups excluding carboxylic acids is 1. The molecule has 0 bridgehead atoms. The number of nitrogens with two attached hydrogens (primary N) is 1. The number of aryl methyl sites for hydroxylation is 1. The molecule has 1 aliphatic heterocycles. The number of benzene rings is 1. The molecule has 1 aliphatic rings. The lowest BCUT2D eigenvalue weighted by Crippen LogP contribution is -2.48. The number of likely N-dealkylation sites (N-methyl/N-ethyl adjacent to an activating group) is 1. The molecular formula is C18H30N4O. The van der Waals surface area contributed by atoms with Crippen molar-refractivity contribution in [3.8, 4) is 0 Å². The van der Waals surface area contributed by atoms with Gasteiger partial charge in [0.05, 0.1) is 0 Å². The lowest BCUT2D eigenvalue weighted by Gasteiger charge is -2.36. The number of piperazine rings is 1. The number of hydrogen-bond acceptors (Lipinski definition) is 4. The monoisotopic (exact) mass is 318 g/mol. The van der Waals surface area contributed by atoms with E-state index in [4.69, 9.17) is 5.73 Å². The molecule has 1 aromatic rings. The third kappa shape index (κ3) is 4.94. The number of nitrogens with zero attached hydrogens (tertiary/aromatic N) is 3. The van der Waals surface area contributed by atoms with Crippen LogP contribution in [0.1, 0.15) is 18.9 Å². The van der Waals surface area contributed by atoms with Crippen molar-refractivity contribution in [3.05, 3.63) is 29.8 Å². The van der Waals surface area contributed by atoms with E-state index in [0.717, 1.165) is 32.7 Å². The quantitative estimate of drug-likeness (QED) is 0.859. The largest absolute Gasteiger partial charge is 0.369 e. The predicted octanol–water partition coefficient (Wildman–Crippen LogP) is 1.31. The van der Waals surface area contributed by atoms with Crippen LogP contribution in [0, 0.1) is 6.92 Å². The molecule has 0 aliphatic carbocycles. The van der Waals surface area contributed by atoms with Gasteiger partial charge in [0.2, 0.25) is 5.91 Å². The van der Waals surface area contributed by atoms with Gasteiger partial charge >= 0.3 is 0 Å². The van der Waals surface area contributed by atoms with Gasteiger partial charge in [0.25, 0.3) is 0 Å². The van der Waals surface area contributed by atoms with Gasteiger partial charge in [0.1, 0.15) is 0 Å². The predicted molar refractivity (Wildman–Crippen MR) is 95.7 cm³/mol. The highest BCUT2D eigenvalue weighted by atomic mass is 16.2. The second kappa shape index (κ2) is 8.31. The Kier molecular flexibility index (Phi) is 6.42.